The van der Waals surface area contributed by atoms with Crippen LogP contribution in [0.4, 0.5) is 0 Å². The van der Waals surface area contributed by atoms with Crippen molar-refractivity contribution in [3.63, 3.8) is 0 Å². The molecule has 0 radical (unpaired) electrons. The van der Waals surface area contributed by atoms with Gasteiger partial charge in [0, 0.05) is 18.4 Å². The van der Waals surface area contributed by atoms with Gasteiger partial charge in [-0.3, -0.25) is 4.79 Å². The largest absolute Gasteiger partial charge is 1.00 e. The Hall–Kier alpha value is -0.840. The molecule has 5 heteroatoms. The van der Waals surface area contributed by atoms with E-state index in [9.17, 15) is 14.7 Å². The number of nitrogens with one attached hydrogen (secondary N) is 1. The molecule has 1 N–H and O–H groups in total. The number of carbonyl (C=O) groups excluding carboxylic acids is 2. The van der Waals surface area contributed by atoms with E-state index < -0.39 is 11.9 Å². The van der Waals surface area contributed by atoms with Gasteiger partial charge in [0.1, 0.15) is 0 Å². The van der Waals surface area contributed by atoms with Crippen molar-refractivity contribution in [3.05, 3.63) is 35.9 Å². The van der Waals surface area contributed by atoms with Gasteiger partial charge in [0.15, 0.2) is 0 Å². The zero-order chi connectivity index (χ0) is 19.0. The van der Waals surface area contributed by atoms with E-state index in [1.54, 1.807) is 0 Å². The zero-order valence-corrected chi connectivity index (χ0v) is 19.2. The number of carbonyl (C=O) groups is 2. The minimum Gasteiger partial charge on any atom is -0.550 e. The molecule has 0 heterocycles. The number of benzene rings is 1. The topological polar surface area (TPSA) is 69.2 Å². The fraction of sp³-hybridized carbons (Fsp3) is 0.636. The van der Waals surface area contributed by atoms with E-state index in [1.165, 1.54) is 38.5 Å². The molecule has 1 aromatic carbocycles. The van der Waals surface area contributed by atoms with Gasteiger partial charge >= 0.3 is 29.6 Å². The Balaban J connectivity index is 0.00000676. The smallest absolute Gasteiger partial charge is 0.550 e. The molecule has 0 bridgehead atoms. The van der Waals surface area contributed by atoms with Crippen molar-refractivity contribution in [2.24, 2.45) is 5.92 Å². The number of aryl methyl sites for hydroxylation is 1. The van der Waals surface area contributed by atoms with E-state index in [-0.39, 0.29) is 41.9 Å². The quantitative estimate of drug-likeness (QED) is 0.357. The number of hydrogen-bond acceptors (Lipinski definition) is 3. The Morgan fingerprint density at radius 3 is 2.15 bits per heavy atom. The summed E-state index contributed by atoms with van der Waals surface area (Å²) in [7, 11) is 0. The third-order valence-electron chi connectivity index (χ3n) is 4.74. The van der Waals surface area contributed by atoms with E-state index in [2.05, 4.69) is 12.2 Å². The molecule has 0 spiro atoms. The molecule has 0 fully saturated rings. The molecule has 0 saturated heterocycles. The van der Waals surface area contributed by atoms with Crippen LogP contribution in [0, 0.1) is 5.92 Å². The summed E-state index contributed by atoms with van der Waals surface area (Å²) in [6, 6.07) is 9.83. The Labute approximate surface area is 186 Å². The Morgan fingerprint density at radius 2 is 1.56 bits per heavy atom. The third-order valence-corrected chi connectivity index (χ3v) is 4.74. The summed E-state index contributed by atoms with van der Waals surface area (Å²) in [6.07, 6.45) is 10.8. The molecule has 1 unspecified atom stereocenters. The van der Waals surface area contributed by atoms with Gasteiger partial charge in [-0.05, 0) is 31.2 Å². The number of rotatable bonds is 15. The Morgan fingerprint density at radius 1 is 0.963 bits per heavy atom. The van der Waals surface area contributed by atoms with Crippen LogP contribution in [0.1, 0.15) is 76.7 Å². The number of unbranched alkanes of at least 4 members (excludes halogenated alkanes) is 7. The number of hydrogen-bond donors (Lipinski definition) is 1. The molecule has 146 valence electrons. The maximum absolute atomic E-state index is 12.3. The van der Waals surface area contributed by atoms with Crippen LogP contribution in [-0.2, 0) is 16.0 Å². The fourth-order valence-corrected chi connectivity index (χ4v) is 3.13. The molecule has 0 saturated carbocycles. The second-order valence-corrected chi connectivity index (χ2v) is 7.06. The maximum Gasteiger partial charge on any atom is 1.00 e. The number of aliphatic carboxylic acids is 1. The minimum atomic E-state index is -1.16. The monoisotopic (exact) mass is 383 g/mol. The van der Waals surface area contributed by atoms with Crippen LogP contribution in [0.3, 0.4) is 0 Å². The van der Waals surface area contributed by atoms with E-state index >= 15 is 0 Å². The van der Waals surface area contributed by atoms with Crippen LogP contribution in [-0.4, -0.2) is 18.4 Å². The summed E-state index contributed by atoms with van der Waals surface area (Å²) < 4.78 is 0. The van der Waals surface area contributed by atoms with Crippen molar-refractivity contribution in [2.45, 2.75) is 77.6 Å². The molecule has 0 aliphatic carbocycles. The molecule has 1 amide bonds. The Kier molecular flexibility index (Phi) is 16.7. The van der Waals surface area contributed by atoms with Crippen molar-refractivity contribution in [3.8, 4) is 0 Å². The van der Waals surface area contributed by atoms with Crippen LogP contribution >= 0.6 is 0 Å². The molecule has 0 aliphatic heterocycles. The molecule has 0 aliphatic rings. The van der Waals surface area contributed by atoms with Crippen LogP contribution < -0.4 is 40.0 Å². The first-order chi connectivity index (χ1) is 12.6. The van der Waals surface area contributed by atoms with Gasteiger partial charge in [-0.15, -0.1) is 0 Å². The number of amides is 1. The van der Waals surface area contributed by atoms with Gasteiger partial charge in [0.25, 0.3) is 0 Å². The van der Waals surface area contributed by atoms with Gasteiger partial charge in [-0.2, -0.15) is 0 Å². The number of carboxylic acids is 1. The van der Waals surface area contributed by atoms with Crippen molar-refractivity contribution in [1.29, 1.82) is 0 Å². The summed E-state index contributed by atoms with van der Waals surface area (Å²) in [5.74, 6) is -1.84. The summed E-state index contributed by atoms with van der Waals surface area (Å²) in [5.41, 5.74) is 1.12. The first kappa shape index (κ1) is 26.2. The predicted octanol–water partition coefficient (Wildman–Crippen LogP) is 0.636. The zero-order valence-electron chi connectivity index (χ0n) is 17.2. The molecule has 4 nitrogen and oxygen atoms in total. The standard InChI is InChI=1S/C22H35NO3.Na/c1-2-3-4-5-6-7-8-12-17-23-22(26)20(18-21(24)25)16-15-19-13-10-9-11-14-19;/h9-11,13-14,20H,2-8,12,15-18H2,1H3,(H,23,26)(H,24,25);/q;+1/p-1. The van der Waals surface area contributed by atoms with Gasteiger partial charge in [0.2, 0.25) is 5.91 Å². The maximum atomic E-state index is 12.3. The molecular weight excluding hydrogens is 349 g/mol. The second-order valence-electron chi connectivity index (χ2n) is 7.06. The SMILES string of the molecule is CCCCCCCCCCNC(=O)C(CCc1ccccc1)CC(=O)[O-].[Na+]. The molecule has 1 atom stereocenters. The summed E-state index contributed by atoms with van der Waals surface area (Å²) >= 11 is 0. The molecule has 0 aromatic heterocycles. The third kappa shape index (κ3) is 13.9. The second kappa shape index (κ2) is 17.3. The first-order valence-electron chi connectivity index (χ1n) is 10.1. The number of carboxylic acid groups (broad SMARTS) is 1. The van der Waals surface area contributed by atoms with Gasteiger partial charge < -0.3 is 15.2 Å². The van der Waals surface area contributed by atoms with Crippen molar-refractivity contribution < 1.29 is 44.3 Å². The summed E-state index contributed by atoms with van der Waals surface area (Å²) in [6.45, 7) is 2.85. The molecular formula is C22H34NNaO3. The molecule has 1 aromatic rings. The predicted molar refractivity (Wildman–Crippen MR) is 103 cm³/mol. The molecule has 27 heavy (non-hydrogen) atoms. The normalized spacial score (nSPS) is 11.4. The first-order valence-corrected chi connectivity index (χ1v) is 10.1. The van der Waals surface area contributed by atoms with Crippen LogP contribution in [0.25, 0.3) is 0 Å². The van der Waals surface area contributed by atoms with Crippen molar-refractivity contribution >= 4 is 11.9 Å². The van der Waals surface area contributed by atoms with E-state index in [0.717, 1.165) is 18.4 Å². The van der Waals surface area contributed by atoms with Crippen molar-refractivity contribution in [1.82, 2.24) is 5.32 Å². The fourth-order valence-electron chi connectivity index (χ4n) is 3.13. The Bertz CT molecular complexity index is 508. The average molecular weight is 384 g/mol. The van der Waals surface area contributed by atoms with E-state index in [0.29, 0.717) is 19.4 Å². The van der Waals surface area contributed by atoms with Gasteiger partial charge in [0.05, 0.1) is 0 Å². The summed E-state index contributed by atoms with van der Waals surface area (Å²) in [5, 5.41) is 13.9. The van der Waals surface area contributed by atoms with E-state index in [4.69, 9.17) is 0 Å². The molecule has 1 rings (SSSR count). The van der Waals surface area contributed by atoms with Crippen LogP contribution in [0.15, 0.2) is 30.3 Å². The van der Waals surface area contributed by atoms with Crippen molar-refractivity contribution in [2.75, 3.05) is 6.54 Å². The average Bonchev–Trinajstić information content (AvgIpc) is 2.64. The van der Waals surface area contributed by atoms with E-state index in [1.807, 2.05) is 30.3 Å². The van der Waals surface area contributed by atoms with Crippen LogP contribution in [0.2, 0.25) is 0 Å². The van der Waals surface area contributed by atoms with Gasteiger partial charge in [-0.25, -0.2) is 0 Å². The van der Waals surface area contributed by atoms with Gasteiger partial charge in [-0.1, -0.05) is 82.2 Å². The minimum absolute atomic E-state index is 0. The van der Waals surface area contributed by atoms with Crippen LogP contribution in [0.5, 0.6) is 0 Å². The summed E-state index contributed by atoms with van der Waals surface area (Å²) in [4.78, 5) is 23.3.